The summed E-state index contributed by atoms with van der Waals surface area (Å²) in [6.45, 7) is 4.28. The molecule has 0 saturated carbocycles. The monoisotopic (exact) mass is 428 g/mol. The van der Waals surface area contributed by atoms with E-state index in [1.54, 1.807) is 12.1 Å². The summed E-state index contributed by atoms with van der Waals surface area (Å²) < 4.78 is 12.2. The number of amides is 1. The minimum atomic E-state index is -0.164. The van der Waals surface area contributed by atoms with E-state index in [1.807, 2.05) is 24.3 Å². The topological polar surface area (TPSA) is 63.5 Å². The first-order valence-corrected chi connectivity index (χ1v) is 8.90. The van der Waals surface area contributed by atoms with Crippen molar-refractivity contribution in [1.29, 1.82) is 0 Å². The summed E-state index contributed by atoms with van der Waals surface area (Å²) >= 11 is 3.40. The quantitative estimate of drug-likeness (QED) is 0.759. The number of nitrogens with one attached hydrogen (secondary N) is 2. The maximum absolute atomic E-state index is 12.3. The molecule has 2 N–H and O–H groups in total. The second-order valence-corrected chi connectivity index (χ2v) is 6.98. The Balaban J connectivity index is 0.00000225. The van der Waals surface area contributed by atoms with Crippen molar-refractivity contribution in [3.05, 3.63) is 52.4 Å². The number of hydrogen-bond acceptors (Lipinski definition) is 4. The van der Waals surface area contributed by atoms with Gasteiger partial charge in [-0.15, -0.1) is 12.4 Å². The highest BCUT2D eigenvalue weighted by Crippen LogP contribution is 2.20. The third kappa shape index (κ3) is 5.49. The molecule has 0 spiro atoms. The average Bonchev–Trinajstić information content (AvgIpc) is 3.04. The van der Waals surface area contributed by atoms with E-state index in [-0.39, 0.29) is 31.0 Å². The lowest BCUT2D eigenvalue weighted by Crippen LogP contribution is -2.48. The summed E-state index contributed by atoms with van der Waals surface area (Å²) in [7, 11) is 0. The highest BCUT2D eigenvalue weighted by atomic mass is 79.9. The van der Waals surface area contributed by atoms with Crippen LogP contribution in [-0.4, -0.2) is 25.0 Å². The maximum Gasteiger partial charge on any atom is 0.287 e. The van der Waals surface area contributed by atoms with Gasteiger partial charge in [0.15, 0.2) is 5.76 Å². The highest BCUT2D eigenvalue weighted by Gasteiger charge is 2.24. The van der Waals surface area contributed by atoms with E-state index in [1.165, 1.54) is 0 Å². The molecule has 5 nitrogen and oxygen atoms in total. The molecule has 2 heterocycles. The first kappa shape index (κ1) is 19.8. The molecule has 136 valence electrons. The minimum Gasteiger partial charge on any atom is -0.486 e. The van der Waals surface area contributed by atoms with E-state index < -0.39 is 0 Å². The van der Waals surface area contributed by atoms with Crippen LogP contribution in [0.1, 0.15) is 29.7 Å². The van der Waals surface area contributed by atoms with E-state index in [0.717, 1.165) is 29.7 Å². The Kier molecular flexibility index (Phi) is 7.35. The molecule has 1 aliphatic heterocycles. The van der Waals surface area contributed by atoms with E-state index in [2.05, 4.69) is 33.5 Å². The number of carbonyl (C=O) groups is 1. The van der Waals surface area contributed by atoms with Crippen molar-refractivity contribution in [2.24, 2.45) is 5.92 Å². The number of hydrogen-bond donors (Lipinski definition) is 2. The van der Waals surface area contributed by atoms with Crippen molar-refractivity contribution in [3.8, 4) is 5.75 Å². The fourth-order valence-electron chi connectivity index (χ4n) is 2.76. The zero-order valence-corrected chi connectivity index (χ0v) is 16.4. The Morgan fingerprint density at radius 3 is 3.00 bits per heavy atom. The number of rotatable bonds is 5. The van der Waals surface area contributed by atoms with Crippen molar-refractivity contribution in [2.45, 2.75) is 26.0 Å². The van der Waals surface area contributed by atoms with E-state index in [9.17, 15) is 4.79 Å². The van der Waals surface area contributed by atoms with Crippen molar-refractivity contribution in [3.63, 3.8) is 0 Å². The van der Waals surface area contributed by atoms with Gasteiger partial charge in [-0.1, -0.05) is 28.9 Å². The molecule has 25 heavy (non-hydrogen) atoms. The highest BCUT2D eigenvalue weighted by molar-refractivity contribution is 9.10. The second-order valence-electron chi connectivity index (χ2n) is 6.06. The largest absolute Gasteiger partial charge is 0.486 e. The molecule has 2 atom stereocenters. The Morgan fingerprint density at radius 2 is 2.24 bits per heavy atom. The molecule has 2 unspecified atom stereocenters. The van der Waals surface area contributed by atoms with Gasteiger partial charge in [-0.3, -0.25) is 4.79 Å². The second kappa shape index (κ2) is 9.27. The summed E-state index contributed by atoms with van der Waals surface area (Å²) in [6.07, 6.45) is 0.937. The molecule has 2 aromatic rings. The van der Waals surface area contributed by atoms with Gasteiger partial charge >= 0.3 is 0 Å². The number of piperidine rings is 1. The first-order chi connectivity index (χ1) is 11.6. The van der Waals surface area contributed by atoms with Gasteiger partial charge in [-0.2, -0.15) is 0 Å². The Hall–Kier alpha value is -1.50. The van der Waals surface area contributed by atoms with Gasteiger partial charge in [0.05, 0.1) is 0 Å². The maximum atomic E-state index is 12.3. The zero-order valence-electron chi connectivity index (χ0n) is 14.0. The fourth-order valence-corrected chi connectivity index (χ4v) is 3.14. The Labute approximate surface area is 162 Å². The first-order valence-electron chi connectivity index (χ1n) is 8.10. The SMILES string of the molecule is CC1CNCCC1NC(=O)c1ccc(COc2cccc(Br)c2)o1.Cl. The van der Waals surface area contributed by atoms with Crippen LogP contribution in [0.25, 0.3) is 0 Å². The molecule has 7 heteroatoms. The molecule has 1 fully saturated rings. The average molecular weight is 430 g/mol. The van der Waals surface area contributed by atoms with E-state index in [4.69, 9.17) is 9.15 Å². The summed E-state index contributed by atoms with van der Waals surface area (Å²) in [5.74, 6) is 1.95. The molecule has 1 aromatic heterocycles. The van der Waals surface area contributed by atoms with E-state index >= 15 is 0 Å². The third-order valence-electron chi connectivity index (χ3n) is 4.16. The van der Waals surface area contributed by atoms with Crippen LogP contribution in [0.2, 0.25) is 0 Å². The summed E-state index contributed by atoms with van der Waals surface area (Å²) in [5, 5.41) is 6.38. The van der Waals surface area contributed by atoms with Crippen molar-refractivity contribution < 1.29 is 13.9 Å². The minimum absolute atomic E-state index is 0. The van der Waals surface area contributed by atoms with Crippen molar-refractivity contribution in [2.75, 3.05) is 13.1 Å². The predicted molar refractivity (Wildman–Crippen MR) is 102 cm³/mol. The van der Waals surface area contributed by atoms with Gasteiger partial charge in [-0.05, 0) is 55.8 Å². The van der Waals surface area contributed by atoms with Crippen LogP contribution in [0.15, 0.2) is 45.3 Å². The number of halogens is 2. The molecular formula is C18H22BrClN2O3. The lowest BCUT2D eigenvalue weighted by Gasteiger charge is -2.29. The standard InChI is InChI=1S/C18H21BrN2O3.ClH/c1-12-10-20-8-7-16(12)21-18(22)17-6-5-15(24-17)11-23-14-4-2-3-13(19)9-14;/h2-6,9,12,16,20H,7-8,10-11H2,1H3,(H,21,22);1H. The molecule has 1 amide bonds. The molecule has 1 aliphatic rings. The normalized spacial score (nSPS) is 19.8. The Morgan fingerprint density at radius 1 is 1.40 bits per heavy atom. The summed E-state index contributed by atoms with van der Waals surface area (Å²) in [4.78, 5) is 12.3. The van der Waals surface area contributed by atoms with Gasteiger partial charge in [0, 0.05) is 10.5 Å². The van der Waals surface area contributed by atoms with Crippen molar-refractivity contribution in [1.82, 2.24) is 10.6 Å². The van der Waals surface area contributed by atoms with Crippen LogP contribution in [0.5, 0.6) is 5.75 Å². The summed E-state index contributed by atoms with van der Waals surface area (Å²) in [6, 6.07) is 11.3. The summed E-state index contributed by atoms with van der Waals surface area (Å²) in [5.41, 5.74) is 0. The molecule has 0 bridgehead atoms. The van der Waals surface area contributed by atoms with Crippen LogP contribution < -0.4 is 15.4 Å². The van der Waals surface area contributed by atoms with Gasteiger partial charge in [0.1, 0.15) is 18.1 Å². The molecule has 1 aromatic carbocycles. The van der Waals surface area contributed by atoms with Crippen LogP contribution in [0.4, 0.5) is 0 Å². The van der Waals surface area contributed by atoms with Crippen LogP contribution in [0.3, 0.4) is 0 Å². The molecule has 0 aliphatic carbocycles. The third-order valence-corrected chi connectivity index (χ3v) is 4.66. The fraction of sp³-hybridized carbons (Fsp3) is 0.389. The van der Waals surface area contributed by atoms with Crippen LogP contribution in [-0.2, 0) is 6.61 Å². The zero-order chi connectivity index (χ0) is 16.9. The molecule has 1 saturated heterocycles. The molecular weight excluding hydrogens is 408 g/mol. The number of furan rings is 1. The number of carbonyl (C=O) groups excluding carboxylic acids is 1. The van der Waals surface area contributed by atoms with Crippen molar-refractivity contribution >= 4 is 34.2 Å². The van der Waals surface area contributed by atoms with Crippen LogP contribution in [0, 0.1) is 5.92 Å². The van der Waals surface area contributed by atoms with Gasteiger partial charge in [0.2, 0.25) is 0 Å². The lowest BCUT2D eigenvalue weighted by atomic mass is 9.95. The molecule has 3 rings (SSSR count). The Bertz CT molecular complexity index is 707. The smallest absolute Gasteiger partial charge is 0.287 e. The van der Waals surface area contributed by atoms with Gasteiger partial charge in [-0.25, -0.2) is 0 Å². The lowest BCUT2D eigenvalue weighted by molar-refractivity contribution is 0.0882. The number of ether oxygens (including phenoxy) is 1. The number of benzene rings is 1. The molecule has 0 radical (unpaired) electrons. The van der Waals surface area contributed by atoms with Gasteiger partial charge in [0.25, 0.3) is 5.91 Å². The predicted octanol–water partition coefficient (Wildman–Crippen LogP) is 3.77. The van der Waals surface area contributed by atoms with Gasteiger partial charge < -0.3 is 19.8 Å². The van der Waals surface area contributed by atoms with E-state index in [0.29, 0.717) is 17.4 Å². The van der Waals surface area contributed by atoms with Crippen LogP contribution >= 0.6 is 28.3 Å².